The lowest BCUT2D eigenvalue weighted by Gasteiger charge is -2.26. The van der Waals surface area contributed by atoms with Crippen LogP contribution < -0.4 is 5.76 Å². The Hall–Kier alpha value is -3.07. The fourth-order valence-electron chi connectivity index (χ4n) is 2.80. The number of ether oxygens (including phenoxy) is 1. The van der Waals surface area contributed by atoms with Crippen molar-refractivity contribution in [3.05, 3.63) is 40.9 Å². The van der Waals surface area contributed by atoms with Crippen LogP contribution in [-0.4, -0.2) is 37.9 Å². The third-order valence-electron chi connectivity index (χ3n) is 4.07. The highest BCUT2D eigenvalue weighted by molar-refractivity contribution is 5.90. The van der Waals surface area contributed by atoms with Crippen LogP contribution in [-0.2, 0) is 4.74 Å². The fourth-order valence-corrected chi connectivity index (χ4v) is 2.80. The SMILES string of the molecule is O=c1[nH]c2c(F)ccc(-c3cnc4c(cnn4C4COC4)n3)c2o1. The minimum absolute atomic E-state index is 0.0155. The maximum absolute atomic E-state index is 13.8. The van der Waals surface area contributed by atoms with Crippen LogP contribution in [0.4, 0.5) is 4.39 Å². The Morgan fingerprint density at radius 2 is 2.17 bits per heavy atom. The summed E-state index contributed by atoms with van der Waals surface area (Å²) in [4.78, 5) is 22.7. The molecular weight excluding hydrogens is 317 g/mol. The molecule has 4 aromatic rings. The van der Waals surface area contributed by atoms with Gasteiger partial charge < -0.3 is 9.15 Å². The number of rotatable bonds is 2. The van der Waals surface area contributed by atoms with Crippen LogP contribution in [0, 0.1) is 5.82 Å². The first-order chi connectivity index (χ1) is 11.7. The number of oxazole rings is 1. The molecule has 5 rings (SSSR count). The summed E-state index contributed by atoms with van der Waals surface area (Å²) in [5, 5.41) is 4.30. The molecule has 8 nitrogen and oxygen atoms in total. The lowest BCUT2D eigenvalue weighted by Crippen LogP contribution is -2.31. The number of hydrogen-bond donors (Lipinski definition) is 1. The van der Waals surface area contributed by atoms with E-state index in [1.54, 1.807) is 17.1 Å². The molecule has 0 atom stereocenters. The Bertz CT molecular complexity index is 1140. The summed E-state index contributed by atoms with van der Waals surface area (Å²) in [6.45, 7) is 1.21. The standard InChI is InChI=1S/C15H10FN5O3/c16-9-2-1-8(13-12(9)20-15(22)24-13)10-3-17-14-11(19-10)4-18-21(14)7-5-23-6-7/h1-4,7H,5-6H2,(H,20,22). The molecule has 0 amide bonds. The maximum Gasteiger partial charge on any atom is 0.417 e. The smallest absolute Gasteiger partial charge is 0.407 e. The van der Waals surface area contributed by atoms with E-state index in [4.69, 9.17) is 9.15 Å². The van der Waals surface area contributed by atoms with Crippen LogP contribution in [0.3, 0.4) is 0 Å². The van der Waals surface area contributed by atoms with Gasteiger partial charge in [-0.15, -0.1) is 0 Å². The van der Waals surface area contributed by atoms with Crippen molar-refractivity contribution in [2.45, 2.75) is 6.04 Å². The zero-order valence-electron chi connectivity index (χ0n) is 12.2. The van der Waals surface area contributed by atoms with Crippen LogP contribution in [0.1, 0.15) is 6.04 Å². The summed E-state index contributed by atoms with van der Waals surface area (Å²) in [5.41, 5.74) is 2.35. The third-order valence-corrected chi connectivity index (χ3v) is 4.07. The zero-order valence-corrected chi connectivity index (χ0v) is 12.2. The first-order valence-electron chi connectivity index (χ1n) is 7.30. The van der Waals surface area contributed by atoms with E-state index in [1.807, 2.05) is 0 Å². The van der Waals surface area contributed by atoms with E-state index in [2.05, 4.69) is 20.1 Å². The van der Waals surface area contributed by atoms with Crippen molar-refractivity contribution in [2.75, 3.05) is 13.2 Å². The fraction of sp³-hybridized carbons (Fsp3) is 0.200. The van der Waals surface area contributed by atoms with E-state index in [9.17, 15) is 9.18 Å². The second-order valence-corrected chi connectivity index (χ2v) is 5.56. The maximum atomic E-state index is 13.8. The number of H-pyrrole nitrogens is 1. The molecule has 0 saturated carbocycles. The monoisotopic (exact) mass is 327 g/mol. The molecule has 24 heavy (non-hydrogen) atoms. The molecule has 0 bridgehead atoms. The molecule has 1 fully saturated rings. The summed E-state index contributed by atoms with van der Waals surface area (Å²) in [6.07, 6.45) is 3.18. The Morgan fingerprint density at radius 1 is 1.29 bits per heavy atom. The number of hydrogen-bond acceptors (Lipinski definition) is 6. The van der Waals surface area contributed by atoms with Gasteiger partial charge in [0.2, 0.25) is 0 Å². The molecule has 0 radical (unpaired) electrons. The molecule has 1 saturated heterocycles. The van der Waals surface area contributed by atoms with Gasteiger partial charge in [-0.3, -0.25) is 4.98 Å². The predicted molar refractivity (Wildman–Crippen MR) is 81.0 cm³/mol. The van der Waals surface area contributed by atoms with Gasteiger partial charge in [-0.25, -0.2) is 23.8 Å². The van der Waals surface area contributed by atoms with E-state index in [0.29, 0.717) is 35.6 Å². The molecule has 3 aromatic heterocycles. The lowest BCUT2D eigenvalue weighted by atomic mass is 10.1. The lowest BCUT2D eigenvalue weighted by molar-refractivity contribution is -0.0269. The molecule has 0 spiro atoms. The highest BCUT2D eigenvalue weighted by atomic mass is 19.1. The molecule has 0 aliphatic carbocycles. The summed E-state index contributed by atoms with van der Waals surface area (Å²) in [5.74, 6) is -1.28. The van der Waals surface area contributed by atoms with Crippen molar-refractivity contribution < 1.29 is 13.5 Å². The Labute approximate surface area is 132 Å². The van der Waals surface area contributed by atoms with Crippen LogP contribution in [0.15, 0.2) is 33.7 Å². The summed E-state index contributed by atoms with van der Waals surface area (Å²) < 4.78 is 25.8. The van der Waals surface area contributed by atoms with Gasteiger partial charge in [0.25, 0.3) is 0 Å². The topological polar surface area (TPSA) is 98.8 Å². The van der Waals surface area contributed by atoms with Crippen molar-refractivity contribution in [1.29, 1.82) is 0 Å². The number of halogens is 1. The number of aromatic amines is 1. The molecule has 1 aliphatic heterocycles. The van der Waals surface area contributed by atoms with Gasteiger partial charge in [-0.1, -0.05) is 0 Å². The first-order valence-corrected chi connectivity index (χ1v) is 7.30. The van der Waals surface area contributed by atoms with Gasteiger partial charge in [-0.05, 0) is 12.1 Å². The van der Waals surface area contributed by atoms with Crippen molar-refractivity contribution in [2.24, 2.45) is 0 Å². The molecule has 9 heteroatoms. The molecule has 1 aliphatic rings. The van der Waals surface area contributed by atoms with Crippen molar-refractivity contribution in [1.82, 2.24) is 24.7 Å². The van der Waals surface area contributed by atoms with Gasteiger partial charge in [0, 0.05) is 5.56 Å². The number of aromatic nitrogens is 5. The van der Waals surface area contributed by atoms with Gasteiger partial charge >= 0.3 is 5.76 Å². The van der Waals surface area contributed by atoms with E-state index >= 15 is 0 Å². The number of benzene rings is 1. The van der Waals surface area contributed by atoms with Crippen molar-refractivity contribution in [3.8, 4) is 11.3 Å². The quantitative estimate of drug-likeness (QED) is 0.601. The van der Waals surface area contributed by atoms with Crippen LogP contribution in [0.5, 0.6) is 0 Å². The van der Waals surface area contributed by atoms with Gasteiger partial charge in [-0.2, -0.15) is 5.10 Å². The molecule has 120 valence electrons. The highest BCUT2D eigenvalue weighted by Gasteiger charge is 2.24. The minimum Gasteiger partial charge on any atom is -0.407 e. The molecule has 1 aromatic carbocycles. The van der Waals surface area contributed by atoms with Gasteiger partial charge in [0.1, 0.15) is 17.1 Å². The predicted octanol–water partition coefficient (Wildman–Crippen LogP) is 1.64. The Morgan fingerprint density at radius 3 is 2.96 bits per heavy atom. The Balaban J connectivity index is 1.69. The summed E-state index contributed by atoms with van der Waals surface area (Å²) in [6, 6.07) is 2.93. The summed E-state index contributed by atoms with van der Waals surface area (Å²) >= 11 is 0. The van der Waals surface area contributed by atoms with Gasteiger partial charge in [0.05, 0.1) is 31.3 Å². The number of fused-ring (bicyclic) bond motifs is 2. The molecule has 1 N–H and O–H groups in total. The largest absolute Gasteiger partial charge is 0.417 e. The first kappa shape index (κ1) is 13.4. The van der Waals surface area contributed by atoms with Crippen molar-refractivity contribution in [3.63, 3.8) is 0 Å². The third kappa shape index (κ3) is 1.81. The average Bonchev–Trinajstić information content (AvgIpc) is 3.10. The molecule has 4 heterocycles. The van der Waals surface area contributed by atoms with Gasteiger partial charge in [0.15, 0.2) is 17.0 Å². The zero-order chi connectivity index (χ0) is 16.3. The Kier molecular flexibility index (Phi) is 2.63. The van der Waals surface area contributed by atoms with E-state index in [0.717, 1.165) is 0 Å². The van der Waals surface area contributed by atoms with Crippen LogP contribution in [0.25, 0.3) is 33.5 Å². The number of nitrogens with one attached hydrogen (secondary N) is 1. The van der Waals surface area contributed by atoms with Crippen LogP contribution in [0.2, 0.25) is 0 Å². The second-order valence-electron chi connectivity index (χ2n) is 5.56. The van der Waals surface area contributed by atoms with Crippen molar-refractivity contribution >= 4 is 22.3 Å². The second kappa shape index (κ2) is 4.71. The minimum atomic E-state index is -0.719. The summed E-state index contributed by atoms with van der Waals surface area (Å²) in [7, 11) is 0. The average molecular weight is 327 g/mol. The van der Waals surface area contributed by atoms with Crippen LogP contribution >= 0.6 is 0 Å². The van der Waals surface area contributed by atoms with E-state index < -0.39 is 11.6 Å². The number of nitrogens with zero attached hydrogens (tertiary/aromatic N) is 4. The molecule has 0 unspecified atom stereocenters. The van der Waals surface area contributed by atoms with E-state index in [1.165, 1.54) is 12.1 Å². The normalized spacial score (nSPS) is 15.2. The van der Waals surface area contributed by atoms with E-state index in [-0.39, 0.29) is 17.1 Å². The molecular formula is C15H10FN5O3. The highest BCUT2D eigenvalue weighted by Crippen LogP contribution is 2.29.